The van der Waals surface area contributed by atoms with Gasteiger partial charge in [0.15, 0.2) is 17.9 Å². The van der Waals surface area contributed by atoms with E-state index in [1.54, 1.807) is 6.92 Å². The van der Waals surface area contributed by atoms with Gasteiger partial charge in [-0.1, -0.05) is 12.1 Å². The van der Waals surface area contributed by atoms with E-state index >= 15 is 0 Å². The number of hydrogen-bond donors (Lipinski definition) is 6. The molecule has 6 atom stereocenters. The van der Waals surface area contributed by atoms with Crippen LogP contribution in [0, 0.1) is 0 Å². The fourth-order valence-electron chi connectivity index (χ4n) is 5.95. The van der Waals surface area contributed by atoms with E-state index in [0.29, 0.717) is 0 Å². The Kier molecular flexibility index (Phi) is 11.7. The maximum Gasteiger partial charge on any atom is 0.202 e. The van der Waals surface area contributed by atoms with Crippen LogP contribution in [0.3, 0.4) is 0 Å². The third-order valence-corrected chi connectivity index (χ3v) is 8.21. The molecule has 5 rings (SSSR count). The van der Waals surface area contributed by atoms with E-state index in [4.69, 9.17) is 24.7 Å². The van der Waals surface area contributed by atoms with Crippen LogP contribution in [0.2, 0.25) is 0 Å². The highest BCUT2D eigenvalue weighted by atomic mass is 35.5. The normalized spacial score (nSPS) is 26.8. The number of fused-ring (bicyclic) bond motifs is 3. The maximum absolute atomic E-state index is 13.6. The van der Waals surface area contributed by atoms with Crippen molar-refractivity contribution in [3.8, 4) is 17.2 Å². The van der Waals surface area contributed by atoms with E-state index in [9.17, 15) is 39.9 Å². The van der Waals surface area contributed by atoms with Crippen molar-refractivity contribution in [2.24, 2.45) is 5.73 Å². The van der Waals surface area contributed by atoms with E-state index in [1.807, 2.05) is 13.8 Å². The number of benzene rings is 2. The molecule has 0 amide bonds. The van der Waals surface area contributed by atoms with Crippen LogP contribution in [0.25, 0.3) is 0 Å². The molecule has 0 saturated carbocycles. The summed E-state index contributed by atoms with van der Waals surface area (Å²) in [5.41, 5.74) is 2.37. The van der Waals surface area contributed by atoms with Crippen molar-refractivity contribution < 1.29 is 58.9 Å². The molecule has 2 aliphatic carbocycles. The average molecular weight is 654 g/mol. The SMILES string of the molecule is CCOCC.COc1cccc2c1C(=O)c1c(O)c3c(c(O)c1C2=O)C[C@@](O)(C(=O)CO)C[C@@H]3O[C@H]1C[C@H](N)[C@H](O)[C@H](C)O1.Cl. The Hall–Kier alpha value is -3.14. The molecule has 3 aliphatic rings. The highest BCUT2D eigenvalue weighted by molar-refractivity contribution is 6.31. The molecule has 1 fully saturated rings. The van der Waals surface area contributed by atoms with Crippen molar-refractivity contribution in [1.29, 1.82) is 0 Å². The van der Waals surface area contributed by atoms with Crippen LogP contribution in [0.15, 0.2) is 18.2 Å². The van der Waals surface area contributed by atoms with E-state index in [0.717, 1.165) is 13.2 Å². The molecule has 0 unspecified atom stereocenters. The van der Waals surface area contributed by atoms with E-state index in [2.05, 4.69) is 0 Å². The molecular weight excluding hydrogens is 614 g/mol. The Balaban J connectivity index is 0.000000854. The number of aliphatic hydroxyl groups excluding tert-OH is 2. The standard InChI is InChI=1S/C27H29NO11.C4H10O.ClH/c1-10-22(31)13(28)6-17(38-10)39-15-8-27(36,16(30)9-29)7-12-19(15)26(35)21-20(24(12)33)23(32)11-4-3-5-14(37-2)18(11)25(21)34;1-3-5-4-2;/h3-5,10,13,15,17,22,29,31,33,35-36H,6-9,28H2,1-2H3;3-4H2,1-2H3;1H/t10-,13-,15-,17-,22+,27-;;/m0../s1. The first-order valence-electron chi connectivity index (χ1n) is 14.4. The summed E-state index contributed by atoms with van der Waals surface area (Å²) in [6.45, 7) is 6.23. The number of Topliss-reactive ketones (excluding diaryl/α,β-unsaturated/α-hetero) is 1. The van der Waals surface area contributed by atoms with Crippen molar-refractivity contribution in [2.45, 2.75) is 76.3 Å². The van der Waals surface area contributed by atoms with Gasteiger partial charge in [-0.25, -0.2) is 0 Å². The molecule has 1 heterocycles. The number of phenolic OH excluding ortho intramolecular Hbond substituents is 2. The fraction of sp³-hybridized carbons (Fsp3) is 0.516. The molecule has 13 nitrogen and oxygen atoms in total. The zero-order chi connectivity index (χ0) is 32.5. The van der Waals surface area contributed by atoms with Crippen molar-refractivity contribution in [3.63, 3.8) is 0 Å². The van der Waals surface area contributed by atoms with Crippen LogP contribution in [-0.4, -0.2) is 100.0 Å². The molecule has 2 aromatic rings. The third-order valence-electron chi connectivity index (χ3n) is 8.21. The number of rotatable bonds is 7. The second-order valence-electron chi connectivity index (χ2n) is 10.9. The van der Waals surface area contributed by atoms with E-state index in [-0.39, 0.29) is 46.8 Å². The summed E-state index contributed by atoms with van der Waals surface area (Å²) < 4.78 is 21.8. The number of nitrogens with two attached hydrogens (primary N) is 1. The number of carbonyl (C=O) groups is 3. The Bertz CT molecular complexity index is 1430. The molecule has 0 bridgehead atoms. The summed E-state index contributed by atoms with van der Waals surface area (Å²) >= 11 is 0. The molecule has 45 heavy (non-hydrogen) atoms. The average Bonchev–Trinajstić information content (AvgIpc) is 2.99. The lowest BCUT2D eigenvalue weighted by Crippen LogP contribution is -2.53. The van der Waals surface area contributed by atoms with Crippen LogP contribution in [0.1, 0.15) is 82.7 Å². The number of ketones is 3. The lowest BCUT2D eigenvalue weighted by molar-refractivity contribution is -0.247. The van der Waals surface area contributed by atoms with Gasteiger partial charge in [0.2, 0.25) is 5.78 Å². The molecule has 0 spiro atoms. The monoisotopic (exact) mass is 653 g/mol. The number of halogens is 1. The molecule has 0 aromatic heterocycles. The summed E-state index contributed by atoms with van der Waals surface area (Å²) in [5.74, 6) is -3.77. The van der Waals surface area contributed by atoms with Gasteiger partial charge in [0, 0.05) is 55.2 Å². The van der Waals surface area contributed by atoms with Gasteiger partial charge in [-0.2, -0.15) is 0 Å². The first-order chi connectivity index (χ1) is 20.8. The summed E-state index contributed by atoms with van der Waals surface area (Å²) in [6.07, 6.45) is -5.12. The number of hydrogen-bond acceptors (Lipinski definition) is 13. The van der Waals surface area contributed by atoms with E-state index in [1.165, 1.54) is 25.3 Å². The molecule has 14 heteroatoms. The Morgan fingerprint density at radius 3 is 2.29 bits per heavy atom. The van der Waals surface area contributed by atoms with Crippen LogP contribution >= 0.6 is 12.4 Å². The lowest BCUT2D eigenvalue weighted by Gasteiger charge is -2.42. The second-order valence-corrected chi connectivity index (χ2v) is 10.9. The zero-order valence-electron chi connectivity index (χ0n) is 25.4. The predicted molar refractivity (Wildman–Crippen MR) is 161 cm³/mol. The number of phenols is 2. The Morgan fingerprint density at radius 1 is 1.09 bits per heavy atom. The van der Waals surface area contributed by atoms with Crippen LogP contribution < -0.4 is 10.5 Å². The number of aliphatic hydroxyl groups is 3. The molecule has 2 aromatic carbocycles. The largest absolute Gasteiger partial charge is 0.507 e. The van der Waals surface area contributed by atoms with Crippen molar-refractivity contribution >= 4 is 29.8 Å². The molecule has 7 N–H and O–H groups in total. The smallest absolute Gasteiger partial charge is 0.202 e. The highest BCUT2D eigenvalue weighted by Crippen LogP contribution is 2.52. The van der Waals surface area contributed by atoms with Gasteiger partial charge in [-0.15, -0.1) is 12.4 Å². The quantitative estimate of drug-likeness (QED) is 0.199. The number of methoxy groups -OCH3 is 1. The van der Waals surface area contributed by atoms with Gasteiger partial charge in [0.1, 0.15) is 29.5 Å². The highest BCUT2D eigenvalue weighted by Gasteiger charge is 2.50. The Labute approximate surface area is 266 Å². The third kappa shape index (κ3) is 6.58. The molecule has 1 aliphatic heterocycles. The van der Waals surface area contributed by atoms with Crippen LogP contribution in [0.5, 0.6) is 17.2 Å². The summed E-state index contributed by atoms with van der Waals surface area (Å²) in [7, 11) is 1.32. The van der Waals surface area contributed by atoms with Crippen molar-refractivity contribution in [3.05, 3.63) is 51.6 Å². The minimum absolute atomic E-state index is 0. The van der Waals surface area contributed by atoms with Crippen LogP contribution in [-0.2, 0) is 25.4 Å². The predicted octanol–water partition coefficient (Wildman–Crippen LogP) is 1.47. The first-order valence-corrected chi connectivity index (χ1v) is 14.4. The van der Waals surface area contributed by atoms with Gasteiger partial charge < -0.3 is 50.2 Å². The summed E-state index contributed by atoms with van der Waals surface area (Å²) in [6, 6.07) is 3.64. The van der Waals surface area contributed by atoms with Gasteiger partial charge in [0.25, 0.3) is 0 Å². The fourth-order valence-corrected chi connectivity index (χ4v) is 5.95. The van der Waals surface area contributed by atoms with Gasteiger partial charge in [-0.05, 0) is 26.8 Å². The zero-order valence-corrected chi connectivity index (χ0v) is 26.3. The van der Waals surface area contributed by atoms with Crippen molar-refractivity contribution in [1.82, 2.24) is 0 Å². The lowest BCUT2D eigenvalue weighted by atomic mass is 9.72. The number of ether oxygens (including phenoxy) is 4. The minimum atomic E-state index is -2.24. The molecule has 248 valence electrons. The maximum atomic E-state index is 13.6. The Morgan fingerprint density at radius 2 is 1.73 bits per heavy atom. The van der Waals surface area contributed by atoms with Gasteiger partial charge >= 0.3 is 0 Å². The molecule has 1 saturated heterocycles. The van der Waals surface area contributed by atoms with E-state index < -0.39 is 95.7 Å². The first kappa shape index (κ1) is 36.3. The number of aromatic hydroxyl groups is 2. The topological polar surface area (TPSA) is 215 Å². The minimum Gasteiger partial charge on any atom is -0.507 e. The van der Waals surface area contributed by atoms with Gasteiger partial charge in [-0.3, -0.25) is 14.4 Å². The van der Waals surface area contributed by atoms with Gasteiger partial charge in [0.05, 0.1) is 42.1 Å². The number of carbonyl (C=O) groups excluding carboxylic acids is 3. The summed E-state index contributed by atoms with van der Waals surface area (Å²) in [4.78, 5) is 39.7. The van der Waals surface area contributed by atoms with Crippen molar-refractivity contribution in [2.75, 3.05) is 26.9 Å². The molecular formula is C31H40ClNO12. The molecule has 0 radical (unpaired) electrons. The van der Waals surface area contributed by atoms with Crippen LogP contribution in [0.4, 0.5) is 0 Å². The second kappa shape index (κ2) is 14.5. The summed E-state index contributed by atoms with van der Waals surface area (Å²) in [5, 5.41) is 53.7.